The average Bonchev–Trinajstić information content (AvgIpc) is 3.60. The van der Waals surface area contributed by atoms with Crippen molar-refractivity contribution < 1.29 is 4.74 Å². The van der Waals surface area contributed by atoms with Crippen LogP contribution < -0.4 is 10.5 Å². The van der Waals surface area contributed by atoms with E-state index in [9.17, 15) is 0 Å². The Kier molecular flexibility index (Phi) is 4.78. The molecule has 3 aromatic heterocycles. The maximum Gasteiger partial charge on any atom is 0.227 e. The van der Waals surface area contributed by atoms with Gasteiger partial charge in [0.15, 0.2) is 11.5 Å². The summed E-state index contributed by atoms with van der Waals surface area (Å²) in [6.07, 6.45) is 7.31. The molecule has 0 saturated heterocycles. The number of ether oxygens (including phenoxy) is 1. The van der Waals surface area contributed by atoms with E-state index in [-0.39, 0.29) is 0 Å². The minimum Gasteiger partial charge on any atom is -0.480 e. The molecule has 1 fully saturated rings. The minimum atomic E-state index is 0.411. The van der Waals surface area contributed by atoms with E-state index in [1.54, 1.807) is 32.9 Å². The van der Waals surface area contributed by atoms with Gasteiger partial charge in [-0.3, -0.25) is 4.99 Å². The molecule has 156 valence electrons. The molecule has 9 heteroatoms. The van der Waals surface area contributed by atoms with Gasteiger partial charge in [-0.25, -0.2) is 24.6 Å². The fraction of sp³-hybridized carbons (Fsp3) is 0.273. The summed E-state index contributed by atoms with van der Waals surface area (Å²) in [6.45, 7) is 0.571. The van der Waals surface area contributed by atoms with Gasteiger partial charge in [0.2, 0.25) is 5.88 Å². The molecule has 0 atom stereocenters. The number of amidine groups is 1. The number of nitrogens with zero attached hydrogens (tertiary/aromatic N) is 7. The van der Waals surface area contributed by atoms with E-state index >= 15 is 0 Å². The molecule has 3 heterocycles. The van der Waals surface area contributed by atoms with E-state index in [0.29, 0.717) is 30.0 Å². The first-order valence-corrected chi connectivity index (χ1v) is 10.1. The predicted octanol–water partition coefficient (Wildman–Crippen LogP) is 2.55. The van der Waals surface area contributed by atoms with Crippen molar-refractivity contribution >= 4 is 16.9 Å². The highest BCUT2D eigenvalue weighted by Gasteiger charge is 2.31. The lowest BCUT2D eigenvalue weighted by atomic mass is 10.1. The van der Waals surface area contributed by atoms with Crippen LogP contribution in [0.3, 0.4) is 0 Å². The Bertz CT molecular complexity index is 1270. The maximum atomic E-state index is 5.88. The van der Waals surface area contributed by atoms with E-state index < -0.39 is 0 Å². The fourth-order valence-corrected chi connectivity index (χ4v) is 3.60. The van der Waals surface area contributed by atoms with Crippen LogP contribution in [-0.4, -0.2) is 49.7 Å². The van der Waals surface area contributed by atoms with Gasteiger partial charge in [0.05, 0.1) is 30.9 Å². The highest BCUT2D eigenvalue weighted by Crippen LogP contribution is 2.44. The second-order valence-electron chi connectivity index (χ2n) is 7.50. The van der Waals surface area contributed by atoms with Crippen molar-refractivity contribution in [2.75, 3.05) is 14.2 Å². The van der Waals surface area contributed by atoms with Gasteiger partial charge in [-0.05, 0) is 18.4 Å². The summed E-state index contributed by atoms with van der Waals surface area (Å²) in [6, 6.07) is 7.94. The van der Waals surface area contributed by atoms with Crippen molar-refractivity contribution in [1.82, 2.24) is 29.7 Å². The van der Waals surface area contributed by atoms with Gasteiger partial charge in [-0.1, -0.05) is 24.3 Å². The van der Waals surface area contributed by atoms with Gasteiger partial charge in [0, 0.05) is 24.7 Å². The molecule has 0 unspecified atom stereocenters. The zero-order chi connectivity index (χ0) is 21.4. The Labute approximate surface area is 179 Å². The highest BCUT2D eigenvalue weighted by molar-refractivity contribution is 5.97. The third-order valence-corrected chi connectivity index (χ3v) is 5.42. The molecule has 0 radical (unpaired) electrons. The first-order chi connectivity index (χ1) is 15.2. The summed E-state index contributed by atoms with van der Waals surface area (Å²) in [5.41, 5.74) is 10.3. The van der Waals surface area contributed by atoms with Crippen molar-refractivity contribution in [3.8, 4) is 17.3 Å². The summed E-state index contributed by atoms with van der Waals surface area (Å²) in [5, 5.41) is 5.38. The molecule has 0 spiro atoms. The van der Waals surface area contributed by atoms with Gasteiger partial charge in [0.25, 0.3) is 0 Å². The van der Waals surface area contributed by atoms with Crippen LogP contribution in [0, 0.1) is 0 Å². The second kappa shape index (κ2) is 7.75. The van der Waals surface area contributed by atoms with E-state index in [2.05, 4.69) is 25.0 Å². The van der Waals surface area contributed by atoms with Crippen LogP contribution >= 0.6 is 0 Å². The SMILES string of the molecule is CN=C(N)c1ccc(Cn2ncc3cnc(-c4c(OC)ncnc4C4CC4)nc32)cc1. The number of aromatic nitrogens is 6. The van der Waals surface area contributed by atoms with Crippen molar-refractivity contribution in [2.45, 2.75) is 25.3 Å². The average molecular weight is 414 g/mol. The number of hydrogen-bond donors (Lipinski definition) is 1. The Balaban J connectivity index is 1.53. The third-order valence-electron chi connectivity index (χ3n) is 5.42. The second-order valence-corrected chi connectivity index (χ2v) is 7.50. The molecular formula is C22H22N8O. The number of benzene rings is 1. The summed E-state index contributed by atoms with van der Waals surface area (Å²) < 4.78 is 7.37. The largest absolute Gasteiger partial charge is 0.480 e. The van der Waals surface area contributed by atoms with Gasteiger partial charge in [0.1, 0.15) is 17.7 Å². The molecule has 0 amide bonds. The molecule has 9 nitrogen and oxygen atoms in total. The van der Waals surface area contributed by atoms with Crippen LogP contribution in [0.25, 0.3) is 22.4 Å². The monoisotopic (exact) mass is 414 g/mol. The van der Waals surface area contributed by atoms with Crippen molar-refractivity contribution in [3.05, 3.63) is 59.8 Å². The van der Waals surface area contributed by atoms with E-state index in [1.807, 2.05) is 28.9 Å². The lowest BCUT2D eigenvalue weighted by Crippen LogP contribution is -2.13. The first kappa shape index (κ1) is 19.1. The normalized spacial score (nSPS) is 14.2. The topological polar surface area (TPSA) is 117 Å². The molecular weight excluding hydrogens is 392 g/mol. The summed E-state index contributed by atoms with van der Waals surface area (Å²) in [4.78, 5) is 22.2. The summed E-state index contributed by atoms with van der Waals surface area (Å²) in [5.74, 6) is 1.97. The minimum absolute atomic E-state index is 0.411. The quantitative estimate of drug-likeness (QED) is 0.380. The Morgan fingerprint density at radius 2 is 1.97 bits per heavy atom. The van der Waals surface area contributed by atoms with E-state index in [1.165, 1.54) is 0 Å². The fourth-order valence-electron chi connectivity index (χ4n) is 3.60. The van der Waals surface area contributed by atoms with Gasteiger partial charge in [-0.2, -0.15) is 5.10 Å². The molecule has 1 saturated carbocycles. The standard InChI is InChI=1S/C22H22N8O/c1-24-19(23)15-5-3-13(4-6-15)11-30-21-16(10-28-30)9-25-20(29-21)17-18(14-7-8-14)26-12-27-22(17)31-2/h3-6,9-10,12,14H,7-8,11H2,1-2H3,(H2,23,24). The molecule has 1 aliphatic rings. The van der Waals surface area contributed by atoms with Crippen LogP contribution in [0.15, 0.2) is 48.0 Å². The van der Waals surface area contributed by atoms with Crippen LogP contribution in [0.2, 0.25) is 0 Å². The van der Waals surface area contributed by atoms with Crippen LogP contribution in [0.5, 0.6) is 5.88 Å². The molecule has 2 N–H and O–H groups in total. The summed E-state index contributed by atoms with van der Waals surface area (Å²) >= 11 is 0. The molecule has 5 rings (SSSR count). The number of hydrogen-bond acceptors (Lipinski definition) is 7. The Morgan fingerprint density at radius 1 is 1.16 bits per heavy atom. The third kappa shape index (κ3) is 3.58. The Morgan fingerprint density at radius 3 is 2.68 bits per heavy atom. The lowest BCUT2D eigenvalue weighted by Gasteiger charge is -2.11. The number of fused-ring (bicyclic) bond motifs is 1. The smallest absolute Gasteiger partial charge is 0.227 e. The predicted molar refractivity (Wildman–Crippen MR) is 117 cm³/mol. The molecule has 4 aromatic rings. The zero-order valence-corrected chi connectivity index (χ0v) is 17.4. The number of aliphatic imine (C=N–C) groups is 1. The number of nitrogens with two attached hydrogens (primary N) is 1. The summed E-state index contributed by atoms with van der Waals surface area (Å²) in [7, 11) is 3.28. The molecule has 1 aromatic carbocycles. The van der Waals surface area contributed by atoms with Gasteiger partial charge in [-0.15, -0.1) is 0 Å². The zero-order valence-electron chi connectivity index (χ0n) is 17.4. The first-order valence-electron chi connectivity index (χ1n) is 10.1. The van der Waals surface area contributed by atoms with Crippen molar-refractivity contribution in [1.29, 1.82) is 0 Å². The van der Waals surface area contributed by atoms with Crippen LogP contribution in [0.4, 0.5) is 0 Å². The van der Waals surface area contributed by atoms with Gasteiger partial charge < -0.3 is 10.5 Å². The van der Waals surface area contributed by atoms with Crippen LogP contribution in [0.1, 0.15) is 35.6 Å². The highest BCUT2D eigenvalue weighted by atomic mass is 16.5. The number of rotatable bonds is 6. The lowest BCUT2D eigenvalue weighted by molar-refractivity contribution is 0.397. The number of methoxy groups -OCH3 is 1. The van der Waals surface area contributed by atoms with Crippen molar-refractivity contribution in [3.63, 3.8) is 0 Å². The van der Waals surface area contributed by atoms with Gasteiger partial charge >= 0.3 is 0 Å². The van der Waals surface area contributed by atoms with E-state index in [4.69, 9.17) is 15.5 Å². The van der Waals surface area contributed by atoms with Crippen molar-refractivity contribution in [2.24, 2.45) is 10.7 Å². The molecule has 0 aliphatic heterocycles. The molecule has 1 aliphatic carbocycles. The Hall–Kier alpha value is -3.88. The molecule has 0 bridgehead atoms. The maximum absolute atomic E-state index is 5.88. The van der Waals surface area contributed by atoms with E-state index in [0.717, 1.165) is 46.3 Å². The van der Waals surface area contributed by atoms with Crippen LogP contribution in [-0.2, 0) is 6.54 Å². The molecule has 31 heavy (non-hydrogen) atoms.